The Labute approximate surface area is 136 Å². The Bertz CT molecular complexity index is 678. The van der Waals surface area contributed by atoms with Gasteiger partial charge in [-0.1, -0.05) is 6.92 Å². The van der Waals surface area contributed by atoms with Crippen LogP contribution in [0.1, 0.15) is 36.2 Å². The van der Waals surface area contributed by atoms with Crippen molar-refractivity contribution in [3.8, 4) is 5.69 Å². The molecule has 1 heterocycles. The van der Waals surface area contributed by atoms with Crippen molar-refractivity contribution in [2.24, 2.45) is 0 Å². The number of carbonyl (C=O) groups is 2. The fourth-order valence-corrected chi connectivity index (χ4v) is 2.31. The van der Waals surface area contributed by atoms with Gasteiger partial charge in [0.1, 0.15) is 6.04 Å². The van der Waals surface area contributed by atoms with Crippen LogP contribution in [0.4, 0.5) is 0 Å². The summed E-state index contributed by atoms with van der Waals surface area (Å²) in [5.41, 5.74) is 2.45. The van der Waals surface area contributed by atoms with E-state index < -0.39 is 6.04 Å². The van der Waals surface area contributed by atoms with Gasteiger partial charge < -0.3 is 15.2 Å². The molecule has 0 saturated carbocycles. The van der Waals surface area contributed by atoms with E-state index >= 15 is 0 Å². The minimum absolute atomic E-state index is 0.165. The van der Waals surface area contributed by atoms with Gasteiger partial charge in [-0.05, 0) is 56.2 Å². The van der Waals surface area contributed by atoms with Crippen molar-refractivity contribution in [1.29, 1.82) is 0 Å². The molecule has 0 aliphatic heterocycles. The minimum Gasteiger partial charge on any atom is -0.354 e. The second kappa shape index (κ2) is 7.63. The Morgan fingerprint density at radius 3 is 2.52 bits per heavy atom. The van der Waals surface area contributed by atoms with Gasteiger partial charge in [0, 0.05) is 30.2 Å². The molecule has 0 bridgehead atoms. The summed E-state index contributed by atoms with van der Waals surface area (Å²) in [5.74, 6) is -0.400. The molecule has 0 fully saturated rings. The van der Waals surface area contributed by atoms with E-state index in [1.807, 2.05) is 55.1 Å². The van der Waals surface area contributed by atoms with Crippen molar-refractivity contribution in [1.82, 2.24) is 15.2 Å². The molecule has 5 nitrogen and oxygen atoms in total. The van der Waals surface area contributed by atoms with Crippen LogP contribution in [0, 0.1) is 6.92 Å². The fourth-order valence-electron chi connectivity index (χ4n) is 2.31. The van der Waals surface area contributed by atoms with Crippen LogP contribution in [-0.2, 0) is 4.79 Å². The number of nitrogens with one attached hydrogen (secondary N) is 2. The van der Waals surface area contributed by atoms with E-state index in [4.69, 9.17) is 0 Å². The standard InChI is InChI=1S/C18H23N3O2/c1-4-9-19-17(22)14(3)20-18(23)16-8-7-15(12-13(16)2)21-10-5-6-11-21/h5-8,10-12,14H,4,9H2,1-3H3,(H,19,22)(H,20,23)/t14-/m1/s1. The number of rotatable bonds is 6. The van der Waals surface area contributed by atoms with Crippen molar-refractivity contribution in [3.05, 3.63) is 53.9 Å². The van der Waals surface area contributed by atoms with E-state index in [2.05, 4.69) is 10.6 Å². The van der Waals surface area contributed by atoms with Crippen LogP contribution in [0.15, 0.2) is 42.7 Å². The summed E-state index contributed by atoms with van der Waals surface area (Å²) in [6.07, 6.45) is 4.77. The Morgan fingerprint density at radius 2 is 1.91 bits per heavy atom. The average molecular weight is 313 g/mol. The molecule has 0 spiro atoms. The molecule has 0 unspecified atom stereocenters. The zero-order valence-corrected chi connectivity index (χ0v) is 13.8. The first-order chi connectivity index (χ1) is 11.0. The largest absolute Gasteiger partial charge is 0.354 e. The molecular formula is C18H23N3O2. The van der Waals surface area contributed by atoms with Crippen LogP contribution in [-0.4, -0.2) is 29.0 Å². The van der Waals surface area contributed by atoms with Crippen LogP contribution < -0.4 is 10.6 Å². The fraction of sp³-hybridized carbons (Fsp3) is 0.333. The number of benzene rings is 1. The number of aromatic nitrogens is 1. The SMILES string of the molecule is CCCNC(=O)[C@@H](C)NC(=O)c1ccc(-n2cccc2)cc1C. The molecule has 1 aromatic carbocycles. The highest BCUT2D eigenvalue weighted by molar-refractivity contribution is 5.98. The molecule has 2 aromatic rings. The second-order valence-corrected chi connectivity index (χ2v) is 5.58. The lowest BCUT2D eigenvalue weighted by atomic mass is 10.1. The maximum atomic E-state index is 12.4. The highest BCUT2D eigenvalue weighted by atomic mass is 16.2. The van der Waals surface area contributed by atoms with Crippen LogP contribution in [0.5, 0.6) is 0 Å². The van der Waals surface area contributed by atoms with Crippen LogP contribution in [0.25, 0.3) is 5.69 Å². The second-order valence-electron chi connectivity index (χ2n) is 5.58. The van der Waals surface area contributed by atoms with Crippen LogP contribution in [0.3, 0.4) is 0 Å². The molecule has 5 heteroatoms. The third-order valence-electron chi connectivity index (χ3n) is 3.65. The van der Waals surface area contributed by atoms with E-state index in [-0.39, 0.29) is 11.8 Å². The van der Waals surface area contributed by atoms with E-state index in [0.717, 1.165) is 17.7 Å². The van der Waals surface area contributed by atoms with Gasteiger partial charge in [-0.3, -0.25) is 9.59 Å². The van der Waals surface area contributed by atoms with Crippen molar-refractivity contribution in [3.63, 3.8) is 0 Å². The molecule has 23 heavy (non-hydrogen) atoms. The van der Waals surface area contributed by atoms with E-state index in [1.165, 1.54) is 0 Å². The van der Waals surface area contributed by atoms with Gasteiger partial charge in [-0.15, -0.1) is 0 Å². The van der Waals surface area contributed by atoms with Crippen molar-refractivity contribution in [2.75, 3.05) is 6.54 Å². The summed E-state index contributed by atoms with van der Waals surface area (Å²) < 4.78 is 1.98. The predicted octanol–water partition coefficient (Wildman–Crippen LogP) is 2.43. The lowest BCUT2D eigenvalue weighted by Crippen LogP contribution is -2.45. The van der Waals surface area contributed by atoms with Gasteiger partial charge in [0.25, 0.3) is 5.91 Å². The molecule has 2 amide bonds. The zero-order chi connectivity index (χ0) is 16.8. The Hall–Kier alpha value is -2.56. The Kier molecular flexibility index (Phi) is 5.57. The zero-order valence-electron chi connectivity index (χ0n) is 13.8. The molecule has 2 N–H and O–H groups in total. The monoisotopic (exact) mass is 313 g/mol. The summed E-state index contributed by atoms with van der Waals surface area (Å²) in [6, 6.07) is 8.98. The number of hydrogen-bond donors (Lipinski definition) is 2. The first kappa shape index (κ1) is 16.8. The van der Waals surface area contributed by atoms with Crippen molar-refractivity contribution >= 4 is 11.8 Å². The topological polar surface area (TPSA) is 63.1 Å². The third-order valence-corrected chi connectivity index (χ3v) is 3.65. The molecule has 122 valence electrons. The van der Waals surface area contributed by atoms with Gasteiger partial charge >= 0.3 is 0 Å². The minimum atomic E-state index is -0.558. The number of carbonyl (C=O) groups excluding carboxylic acids is 2. The molecular weight excluding hydrogens is 290 g/mol. The summed E-state index contributed by atoms with van der Waals surface area (Å²) in [5, 5.41) is 5.52. The van der Waals surface area contributed by atoms with Gasteiger partial charge in [0.2, 0.25) is 5.91 Å². The van der Waals surface area contributed by atoms with Crippen LogP contribution >= 0.6 is 0 Å². The number of amides is 2. The molecule has 0 radical (unpaired) electrons. The normalized spacial score (nSPS) is 11.8. The Balaban J connectivity index is 2.06. The average Bonchev–Trinajstić information content (AvgIpc) is 3.06. The molecule has 1 aromatic heterocycles. The maximum Gasteiger partial charge on any atom is 0.252 e. The van der Waals surface area contributed by atoms with E-state index in [1.54, 1.807) is 13.0 Å². The molecule has 0 aliphatic rings. The number of hydrogen-bond acceptors (Lipinski definition) is 2. The smallest absolute Gasteiger partial charge is 0.252 e. The van der Waals surface area contributed by atoms with Crippen molar-refractivity contribution < 1.29 is 9.59 Å². The van der Waals surface area contributed by atoms with Crippen molar-refractivity contribution in [2.45, 2.75) is 33.2 Å². The van der Waals surface area contributed by atoms with Gasteiger partial charge in [0.05, 0.1) is 0 Å². The number of aryl methyl sites for hydroxylation is 1. The molecule has 1 atom stereocenters. The van der Waals surface area contributed by atoms with Gasteiger partial charge in [-0.2, -0.15) is 0 Å². The molecule has 2 rings (SSSR count). The summed E-state index contributed by atoms with van der Waals surface area (Å²) >= 11 is 0. The highest BCUT2D eigenvalue weighted by Gasteiger charge is 2.17. The predicted molar refractivity (Wildman–Crippen MR) is 90.7 cm³/mol. The highest BCUT2D eigenvalue weighted by Crippen LogP contribution is 2.15. The lowest BCUT2D eigenvalue weighted by Gasteiger charge is -2.15. The first-order valence-electron chi connectivity index (χ1n) is 7.85. The molecule has 0 aliphatic carbocycles. The summed E-state index contributed by atoms with van der Waals surface area (Å²) in [6.45, 7) is 6.18. The van der Waals surface area contributed by atoms with Crippen LogP contribution in [0.2, 0.25) is 0 Å². The molecule has 0 saturated heterocycles. The first-order valence-corrected chi connectivity index (χ1v) is 7.85. The summed E-state index contributed by atoms with van der Waals surface area (Å²) in [7, 11) is 0. The summed E-state index contributed by atoms with van der Waals surface area (Å²) in [4.78, 5) is 24.2. The quantitative estimate of drug-likeness (QED) is 0.860. The number of nitrogens with zero attached hydrogens (tertiary/aromatic N) is 1. The Morgan fingerprint density at radius 1 is 1.22 bits per heavy atom. The third kappa shape index (κ3) is 4.22. The van der Waals surface area contributed by atoms with Gasteiger partial charge in [0.15, 0.2) is 0 Å². The maximum absolute atomic E-state index is 12.4. The lowest BCUT2D eigenvalue weighted by molar-refractivity contribution is -0.122. The van der Waals surface area contributed by atoms with Gasteiger partial charge in [-0.25, -0.2) is 0 Å². The van der Waals surface area contributed by atoms with E-state index in [0.29, 0.717) is 12.1 Å². The van der Waals surface area contributed by atoms with E-state index in [9.17, 15) is 9.59 Å².